The number of hydrogen-bond acceptors (Lipinski definition) is 5. The van der Waals surface area contributed by atoms with Crippen LogP contribution < -0.4 is 14.8 Å². The first-order valence-electron chi connectivity index (χ1n) is 10.2. The molecule has 0 amide bonds. The van der Waals surface area contributed by atoms with Crippen molar-refractivity contribution in [3.8, 4) is 5.75 Å². The zero-order valence-corrected chi connectivity index (χ0v) is 20.9. The van der Waals surface area contributed by atoms with Crippen molar-refractivity contribution >= 4 is 65.0 Å². The van der Waals surface area contributed by atoms with Gasteiger partial charge in [-0.05, 0) is 57.9 Å². The fourth-order valence-electron chi connectivity index (χ4n) is 3.58. The molecule has 4 aromatic rings. The van der Waals surface area contributed by atoms with E-state index in [9.17, 15) is 13.5 Å². The molecular weight excluding hydrogens is 530 g/mol. The summed E-state index contributed by atoms with van der Waals surface area (Å²) in [6, 6.07) is 16.7. The Bertz CT molecular complexity index is 1410. The number of aromatic nitrogens is 1. The van der Waals surface area contributed by atoms with Gasteiger partial charge in [0, 0.05) is 44.9 Å². The molecule has 4 N–H and O–H groups in total. The van der Waals surface area contributed by atoms with E-state index in [-0.39, 0.29) is 0 Å². The average Bonchev–Trinajstić information content (AvgIpc) is 3.10. The number of aliphatic hydroxyl groups is 1. The topological polar surface area (TPSA) is 103 Å². The highest BCUT2D eigenvalue weighted by atomic mass is 79.9. The van der Waals surface area contributed by atoms with E-state index in [2.05, 4.69) is 31.0 Å². The van der Waals surface area contributed by atoms with Crippen molar-refractivity contribution in [2.45, 2.75) is 6.10 Å². The summed E-state index contributed by atoms with van der Waals surface area (Å²) in [6.07, 6.45) is 0.281. The maximum Gasteiger partial charge on any atom is 0.229 e. The van der Waals surface area contributed by atoms with Crippen molar-refractivity contribution in [3.63, 3.8) is 0 Å². The van der Waals surface area contributed by atoms with Crippen molar-refractivity contribution in [3.05, 3.63) is 69.7 Å². The number of aromatic amines is 1. The average molecular weight is 553 g/mol. The van der Waals surface area contributed by atoms with Gasteiger partial charge in [-0.1, -0.05) is 23.7 Å². The van der Waals surface area contributed by atoms with Crippen LogP contribution in [0.15, 0.2) is 59.1 Å². The lowest BCUT2D eigenvalue weighted by Crippen LogP contribution is -2.26. The second-order valence-electron chi connectivity index (χ2n) is 7.70. The van der Waals surface area contributed by atoms with Crippen LogP contribution in [0.1, 0.15) is 11.7 Å². The molecule has 1 atom stereocenters. The van der Waals surface area contributed by atoms with Gasteiger partial charge in [0.05, 0.1) is 23.6 Å². The molecule has 1 aromatic heterocycles. The van der Waals surface area contributed by atoms with E-state index in [1.165, 1.54) is 0 Å². The Morgan fingerprint density at radius 2 is 1.82 bits per heavy atom. The van der Waals surface area contributed by atoms with E-state index < -0.39 is 16.1 Å². The molecule has 7 nitrogen and oxygen atoms in total. The van der Waals surface area contributed by atoms with Gasteiger partial charge in [0.1, 0.15) is 12.4 Å². The third-order valence-corrected chi connectivity index (χ3v) is 6.61. The Labute approximate surface area is 205 Å². The predicted octanol–water partition coefficient (Wildman–Crippen LogP) is 4.81. The van der Waals surface area contributed by atoms with Crippen molar-refractivity contribution in [1.82, 2.24) is 10.3 Å². The molecule has 0 unspecified atom stereocenters. The van der Waals surface area contributed by atoms with Gasteiger partial charge >= 0.3 is 0 Å². The van der Waals surface area contributed by atoms with Crippen LogP contribution in [0.25, 0.3) is 21.8 Å². The van der Waals surface area contributed by atoms with Gasteiger partial charge in [-0.15, -0.1) is 0 Å². The summed E-state index contributed by atoms with van der Waals surface area (Å²) in [7, 11) is -3.42. The number of rotatable bonds is 9. The number of hydrogen-bond donors (Lipinski definition) is 4. The fourth-order valence-corrected chi connectivity index (χ4v) is 4.79. The molecule has 1 heterocycles. The largest absolute Gasteiger partial charge is 0.492 e. The summed E-state index contributed by atoms with van der Waals surface area (Å²) in [5.74, 6) is 0.743. The van der Waals surface area contributed by atoms with Gasteiger partial charge in [-0.3, -0.25) is 4.72 Å². The zero-order chi connectivity index (χ0) is 23.6. The number of ether oxygens (including phenoxy) is 1. The molecule has 0 radical (unpaired) electrons. The number of nitrogens with one attached hydrogen (secondary N) is 3. The van der Waals surface area contributed by atoms with E-state index in [0.29, 0.717) is 40.4 Å². The Kier molecular flexibility index (Phi) is 7.16. The van der Waals surface area contributed by atoms with Crippen LogP contribution in [-0.4, -0.2) is 44.5 Å². The summed E-state index contributed by atoms with van der Waals surface area (Å²) in [5, 5.41) is 16.5. The highest BCUT2D eigenvalue weighted by molar-refractivity contribution is 9.10. The predicted molar refractivity (Wildman–Crippen MR) is 137 cm³/mol. The minimum absolute atomic E-state index is 0.297. The molecule has 0 saturated carbocycles. The van der Waals surface area contributed by atoms with Gasteiger partial charge in [-0.2, -0.15) is 0 Å². The minimum atomic E-state index is -3.42. The molecule has 0 aliphatic heterocycles. The third kappa shape index (κ3) is 5.99. The van der Waals surface area contributed by atoms with Crippen LogP contribution in [-0.2, 0) is 10.0 Å². The summed E-state index contributed by atoms with van der Waals surface area (Å²) in [6.45, 7) is 1.25. The molecule has 33 heavy (non-hydrogen) atoms. The Morgan fingerprint density at radius 3 is 2.58 bits per heavy atom. The fraction of sp³-hybridized carbons (Fsp3) is 0.217. The molecule has 0 bridgehead atoms. The second-order valence-corrected chi connectivity index (χ2v) is 10.7. The van der Waals surface area contributed by atoms with Crippen LogP contribution in [0.2, 0.25) is 5.02 Å². The van der Waals surface area contributed by atoms with E-state index >= 15 is 0 Å². The first-order valence-corrected chi connectivity index (χ1v) is 13.3. The molecule has 3 aromatic carbocycles. The number of anilines is 1. The molecule has 174 valence electrons. The van der Waals surface area contributed by atoms with Gasteiger partial charge < -0.3 is 20.1 Å². The van der Waals surface area contributed by atoms with E-state index in [1.807, 2.05) is 36.4 Å². The normalized spacial score (nSPS) is 12.8. The number of fused-ring (bicyclic) bond motifs is 3. The SMILES string of the molecule is CS(=O)(=O)Nc1cc([C@@H](O)CNCCOc2ccc3c(c2)[nH]c2cc(Cl)ccc23)ccc1Br. The van der Waals surface area contributed by atoms with Gasteiger partial charge in [0.15, 0.2) is 0 Å². The van der Waals surface area contributed by atoms with Crippen LogP contribution in [0.4, 0.5) is 5.69 Å². The third-order valence-electron chi connectivity index (χ3n) is 5.09. The summed E-state index contributed by atoms with van der Waals surface area (Å²) in [5.41, 5.74) is 2.93. The molecular formula is C23H23BrClN3O4S. The number of H-pyrrole nitrogens is 1. The molecule has 0 saturated heterocycles. The molecule has 4 rings (SSSR count). The summed E-state index contributed by atoms with van der Waals surface area (Å²) in [4.78, 5) is 3.36. The van der Waals surface area contributed by atoms with Crippen LogP contribution >= 0.6 is 27.5 Å². The minimum Gasteiger partial charge on any atom is -0.492 e. The van der Waals surface area contributed by atoms with E-state index in [4.69, 9.17) is 16.3 Å². The van der Waals surface area contributed by atoms with E-state index in [0.717, 1.165) is 33.8 Å². The number of halogens is 2. The smallest absolute Gasteiger partial charge is 0.229 e. The molecule has 10 heteroatoms. The zero-order valence-electron chi connectivity index (χ0n) is 17.7. The quantitative estimate of drug-likeness (QED) is 0.223. The lowest BCUT2D eigenvalue weighted by molar-refractivity contribution is 0.172. The maximum atomic E-state index is 11.5. The first-order chi connectivity index (χ1) is 15.7. The van der Waals surface area contributed by atoms with Gasteiger partial charge in [0.25, 0.3) is 0 Å². The Hall–Kier alpha value is -2.30. The lowest BCUT2D eigenvalue weighted by atomic mass is 10.1. The monoisotopic (exact) mass is 551 g/mol. The summed E-state index contributed by atoms with van der Waals surface area (Å²) >= 11 is 9.38. The van der Waals surface area contributed by atoms with Crippen molar-refractivity contribution in [2.75, 3.05) is 30.7 Å². The molecule has 0 aliphatic rings. The summed E-state index contributed by atoms with van der Waals surface area (Å²) < 4.78 is 31.9. The Balaban J connectivity index is 1.30. The van der Waals surface area contributed by atoms with Crippen molar-refractivity contribution in [1.29, 1.82) is 0 Å². The van der Waals surface area contributed by atoms with Crippen LogP contribution in [0, 0.1) is 0 Å². The standard InChI is InChI=1S/C23H23BrClN3O4S/c1-33(30,31)28-22-10-14(2-7-19(22)24)23(29)13-26-8-9-32-16-4-6-18-17-5-3-15(25)11-20(17)27-21(18)12-16/h2-7,10-12,23,26-29H,8-9,13H2,1H3/t23-/m0/s1. The lowest BCUT2D eigenvalue weighted by Gasteiger charge is -2.15. The number of benzene rings is 3. The van der Waals surface area contributed by atoms with E-state index in [1.54, 1.807) is 18.2 Å². The van der Waals surface area contributed by atoms with Crippen LogP contribution in [0.3, 0.4) is 0 Å². The molecule has 0 aliphatic carbocycles. The second kappa shape index (κ2) is 9.90. The van der Waals surface area contributed by atoms with Gasteiger partial charge in [-0.25, -0.2) is 8.42 Å². The first kappa shape index (κ1) is 23.8. The molecule has 0 spiro atoms. The van der Waals surface area contributed by atoms with Gasteiger partial charge in [0.2, 0.25) is 10.0 Å². The number of sulfonamides is 1. The maximum absolute atomic E-state index is 11.5. The molecule has 0 fully saturated rings. The number of aliphatic hydroxyl groups excluding tert-OH is 1. The highest BCUT2D eigenvalue weighted by Gasteiger charge is 2.12. The van der Waals surface area contributed by atoms with Crippen molar-refractivity contribution in [2.24, 2.45) is 0 Å². The Morgan fingerprint density at radius 1 is 1.09 bits per heavy atom. The van der Waals surface area contributed by atoms with Crippen molar-refractivity contribution < 1.29 is 18.3 Å². The van der Waals surface area contributed by atoms with Crippen LogP contribution in [0.5, 0.6) is 5.75 Å². The highest BCUT2D eigenvalue weighted by Crippen LogP contribution is 2.30.